The number of ketones is 1. The zero-order valence-corrected chi connectivity index (χ0v) is 9.49. The smallest absolute Gasteiger partial charge is 0.147 e. The molecule has 15 heavy (non-hydrogen) atoms. The second-order valence-electron chi connectivity index (χ2n) is 4.68. The highest BCUT2D eigenvalue weighted by atomic mass is 16.1. The highest BCUT2D eigenvalue weighted by Gasteiger charge is 2.44. The van der Waals surface area contributed by atoms with E-state index in [4.69, 9.17) is 0 Å². The molecular formula is C14H18O. The molecule has 1 saturated carbocycles. The van der Waals surface area contributed by atoms with Gasteiger partial charge >= 0.3 is 0 Å². The van der Waals surface area contributed by atoms with Crippen LogP contribution in [0.5, 0.6) is 0 Å². The molecule has 2 aliphatic carbocycles. The van der Waals surface area contributed by atoms with Gasteiger partial charge in [-0.1, -0.05) is 43.7 Å². The summed E-state index contributed by atoms with van der Waals surface area (Å²) >= 11 is 0. The van der Waals surface area contributed by atoms with Gasteiger partial charge in [0.25, 0.3) is 0 Å². The normalized spacial score (nSPS) is 33.9. The Morgan fingerprint density at radius 2 is 2.20 bits per heavy atom. The van der Waals surface area contributed by atoms with Gasteiger partial charge in [-0.25, -0.2) is 0 Å². The molecule has 0 aromatic rings. The standard InChI is InChI=1S/C14H18O/c1-3-7-11-10-13(15)14(2)9-6-4-5-8-12(11)14/h4-6,8-9,11H,3,7,10H2,1-2H3/t11-,14-/m0/s1. The fourth-order valence-electron chi connectivity index (χ4n) is 2.71. The SMILES string of the molecule is CCC[C@H]1CC(=O)[C@@]2(C)C=CC=CC=C12. The summed E-state index contributed by atoms with van der Waals surface area (Å²) in [6, 6.07) is 0. The van der Waals surface area contributed by atoms with Crippen LogP contribution in [-0.4, -0.2) is 5.78 Å². The lowest BCUT2D eigenvalue weighted by Crippen LogP contribution is -2.20. The van der Waals surface area contributed by atoms with Gasteiger partial charge in [-0.15, -0.1) is 0 Å². The number of carbonyl (C=O) groups is 1. The first-order valence-electron chi connectivity index (χ1n) is 5.78. The molecule has 0 N–H and O–H groups in total. The van der Waals surface area contributed by atoms with Crippen molar-refractivity contribution in [3.8, 4) is 0 Å². The zero-order chi connectivity index (χ0) is 10.9. The fourth-order valence-corrected chi connectivity index (χ4v) is 2.71. The van der Waals surface area contributed by atoms with Crippen molar-refractivity contribution in [1.29, 1.82) is 0 Å². The Morgan fingerprint density at radius 1 is 1.40 bits per heavy atom. The Bertz CT molecular complexity index is 360. The maximum absolute atomic E-state index is 12.0. The molecule has 1 heteroatoms. The molecule has 0 aliphatic heterocycles. The maximum atomic E-state index is 12.0. The molecule has 2 rings (SSSR count). The third-order valence-corrected chi connectivity index (χ3v) is 3.62. The van der Waals surface area contributed by atoms with Crippen molar-refractivity contribution in [3.63, 3.8) is 0 Å². The van der Waals surface area contributed by atoms with Crippen molar-refractivity contribution in [3.05, 3.63) is 36.0 Å². The summed E-state index contributed by atoms with van der Waals surface area (Å²) in [4.78, 5) is 12.0. The topological polar surface area (TPSA) is 17.1 Å². The van der Waals surface area contributed by atoms with Crippen molar-refractivity contribution < 1.29 is 4.79 Å². The van der Waals surface area contributed by atoms with Crippen LogP contribution in [0.3, 0.4) is 0 Å². The Balaban J connectivity index is 2.39. The molecule has 1 fully saturated rings. The van der Waals surface area contributed by atoms with E-state index in [9.17, 15) is 4.79 Å². The quantitative estimate of drug-likeness (QED) is 0.670. The lowest BCUT2D eigenvalue weighted by atomic mass is 9.81. The lowest BCUT2D eigenvalue weighted by molar-refractivity contribution is -0.122. The number of carbonyl (C=O) groups excluding carboxylic acids is 1. The van der Waals surface area contributed by atoms with Gasteiger partial charge in [-0.3, -0.25) is 4.79 Å². The molecule has 2 aliphatic rings. The van der Waals surface area contributed by atoms with E-state index in [2.05, 4.69) is 32.1 Å². The third-order valence-electron chi connectivity index (χ3n) is 3.62. The van der Waals surface area contributed by atoms with Crippen LogP contribution in [0.25, 0.3) is 0 Å². The number of hydrogen-bond acceptors (Lipinski definition) is 1. The van der Waals surface area contributed by atoms with Gasteiger partial charge < -0.3 is 0 Å². The average Bonchev–Trinajstić information content (AvgIpc) is 2.40. The number of hydrogen-bond donors (Lipinski definition) is 0. The summed E-state index contributed by atoms with van der Waals surface area (Å²) in [5.74, 6) is 0.854. The molecule has 0 amide bonds. The first kappa shape index (κ1) is 10.4. The van der Waals surface area contributed by atoms with E-state index >= 15 is 0 Å². The summed E-state index contributed by atoms with van der Waals surface area (Å²) in [5.41, 5.74) is 1.00. The molecule has 0 spiro atoms. The van der Waals surface area contributed by atoms with Gasteiger partial charge in [0.1, 0.15) is 5.78 Å². The molecule has 0 heterocycles. The van der Waals surface area contributed by atoms with E-state index in [1.807, 2.05) is 12.2 Å². The lowest BCUT2D eigenvalue weighted by Gasteiger charge is -2.21. The van der Waals surface area contributed by atoms with Crippen LogP contribution in [0.2, 0.25) is 0 Å². The van der Waals surface area contributed by atoms with Crippen LogP contribution >= 0.6 is 0 Å². The zero-order valence-electron chi connectivity index (χ0n) is 9.49. The largest absolute Gasteiger partial charge is 0.298 e. The average molecular weight is 202 g/mol. The predicted octanol–water partition coefficient (Wildman–Crippen LogP) is 3.43. The molecule has 0 radical (unpaired) electrons. The van der Waals surface area contributed by atoms with Crippen molar-refractivity contribution >= 4 is 5.78 Å². The maximum Gasteiger partial charge on any atom is 0.147 e. The van der Waals surface area contributed by atoms with Gasteiger partial charge in [0.05, 0.1) is 5.41 Å². The summed E-state index contributed by atoms with van der Waals surface area (Å²) in [6.45, 7) is 4.24. The highest BCUT2D eigenvalue weighted by Crippen LogP contribution is 2.47. The van der Waals surface area contributed by atoms with Crippen LogP contribution in [0.15, 0.2) is 36.0 Å². The van der Waals surface area contributed by atoms with Gasteiger partial charge in [0, 0.05) is 6.42 Å². The van der Waals surface area contributed by atoms with E-state index < -0.39 is 0 Å². The molecule has 0 saturated heterocycles. The third kappa shape index (κ3) is 1.60. The first-order valence-corrected chi connectivity index (χ1v) is 5.78. The van der Waals surface area contributed by atoms with Gasteiger partial charge in [-0.2, -0.15) is 0 Å². The molecule has 0 aromatic carbocycles. The minimum atomic E-state index is -0.316. The van der Waals surface area contributed by atoms with E-state index in [1.165, 1.54) is 5.57 Å². The first-order chi connectivity index (χ1) is 7.18. The van der Waals surface area contributed by atoms with Crippen LogP contribution in [0.1, 0.15) is 33.1 Å². The predicted molar refractivity (Wildman–Crippen MR) is 62.5 cm³/mol. The summed E-state index contributed by atoms with van der Waals surface area (Å²) < 4.78 is 0. The number of Topliss-reactive ketones (excluding diaryl/α,β-unsaturated/α-hetero) is 1. The van der Waals surface area contributed by atoms with Gasteiger partial charge in [0.2, 0.25) is 0 Å². The minimum absolute atomic E-state index is 0.316. The van der Waals surface area contributed by atoms with E-state index in [0.29, 0.717) is 11.7 Å². The number of fused-ring (bicyclic) bond motifs is 1. The second kappa shape index (κ2) is 3.80. The monoisotopic (exact) mass is 202 g/mol. The van der Waals surface area contributed by atoms with Crippen LogP contribution in [0.4, 0.5) is 0 Å². The Labute approximate surface area is 91.6 Å². The molecule has 0 bridgehead atoms. The minimum Gasteiger partial charge on any atom is -0.298 e. The summed E-state index contributed by atoms with van der Waals surface area (Å²) in [5, 5.41) is 0. The van der Waals surface area contributed by atoms with Crippen LogP contribution < -0.4 is 0 Å². The van der Waals surface area contributed by atoms with E-state index in [0.717, 1.165) is 19.3 Å². The van der Waals surface area contributed by atoms with Crippen molar-refractivity contribution in [1.82, 2.24) is 0 Å². The number of rotatable bonds is 2. The summed E-state index contributed by atoms with van der Waals surface area (Å²) in [7, 11) is 0. The molecule has 0 unspecified atom stereocenters. The van der Waals surface area contributed by atoms with Crippen molar-refractivity contribution in [2.24, 2.45) is 11.3 Å². The van der Waals surface area contributed by atoms with Crippen LogP contribution in [-0.2, 0) is 4.79 Å². The molecular weight excluding hydrogens is 184 g/mol. The highest BCUT2D eigenvalue weighted by molar-refractivity contribution is 5.93. The fraction of sp³-hybridized carbons (Fsp3) is 0.500. The van der Waals surface area contributed by atoms with E-state index in [1.54, 1.807) is 0 Å². The van der Waals surface area contributed by atoms with Crippen molar-refractivity contribution in [2.45, 2.75) is 33.1 Å². The van der Waals surface area contributed by atoms with Crippen LogP contribution in [0, 0.1) is 11.3 Å². The van der Waals surface area contributed by atoms with E-state index in [-0.39, 0.29) is 5.41 Å². The van der Waals surface area contributed by atoms with Crippen molar-refractivity contribution in [2.75, 3.05) is 0 Å². The van der Waals surface area contributed by atoms with Gasteiger partial charge in [-0.05, 0) is 24.8 Å². The Kier molecular flexibility index (Phi) is 2.64. The number of allylic oxidation sites excluding steroid dienone is 6. The Morgan fingerprint density at radius 3 is 2.93 bits per heavy atom. The molecule has 80 valence electrons. The molecule has 0 aromatic heterocycles. The second-order valence-corrected chi connectivity index (χ2v) is 4.68. The summed E-state index contributed by atoms with van der Waals surface area (Å²) in [6.07, 6.45) is 13.3. The Hall–Kier alpha value is -1.11. The van der Waals surface area contributed by atoms with Gasteiger partial charge in [0.15, 0.2) is 0 Å². The molecule has 2 atom stereocenters. The molecule has 1 nitrogen and oxygen atoms in total.